The zero-order valence-electron chi connectivity index (χ0n) is 19.7. The molecule has 2 heterocycles. The van der Waals surface area contributed by atoms with Crippen molar-refractivity contribution in [2.24, 2.45) is 0 Å². The summed E-state index contributed by atoms with van der Waals surface area (Å²) in [5.41, 5.74) is -0.578. The number of urea groups is 1. The second-order valence-corrected chi connectivity index (χ2v) is 10.3. The highest BCUT2D eigenvalue weighted by Crippen LogP contribution is 2.38. The van der Waals surface area contributed by atoms with Crippen LogP contribution >= 0.6 is 11.6 Å². The molecule has 0 spiro atoms. The van der Waals surface area contributed by atoms with Crippen LogP contribution in [-0.2, 0) is 11.6 Å². The lowest BCUT2D eigenvalue weighted by molar-refractivity contribution is -0.140. The molecule has 196 valence electrons. The van der Waals surface area contributed by atoms with Crippen molar-refractivity contribution >= 4 is 34.2 Å². The summed E-state index contributed by atoms with van der Waals surface area (Å²) in [5, 5.41) is 16.6. The second kappa shape index (κ2) is 9.64. The first-order valence-corrected chi connectivity index (χ1v) is 12.3. The van der Waals surface area contributed by atoms with Crippen molar-refractivity contribution in [2.45, 2.75) is 43.0 Å². The van der Waals surface area contributed by atoms with Gasteiger partial charge in [-0.3, -0.25) is 0 Å². The normalized spacial score (nSPS) is 21.1. The smallest absolute Gasteiger partial charge is 0.393 e. The molecule has 11 heteroatoms. The summed E-state index contributed by atoms with van der Waals surface area (Å²) in [5.74, 6) is -0.412. The lowest BCUT2D eigenvalue weighted by Crippen LogP contribution is -2.66. The number of carbonyl (C=O) groups excluding carboxylic acids is 1. The number of nitrogens with one attached hydrogen (secondary N) is 2. The summed E-state index contributed by atoms with van der Waals surface area (Å²) in [6, 6.07) is 10.9. The number of rotatable bonds is 5. The molecule has 6 nitrogen and oxygen atoms in total. The molecule has 0 unspecified atom stereocenters. The maximum absolute atomic E-state index is 13.6. The number of nitrogens with zero attached hydrogens (tertiary/aromatic N) is 2. The third-order valence-corrected chi connectivity index (χ3v) is 7.38. The number of likely N-dealkylation sites (tertiary alicyclic amines) is 1. The number of fused-ring (bicyclic) bond motifs is 1. The Bertz CT molecular complexity index is 1310. The van der Waals surface area contributed by atoms with Gasteiger partial charge in [-0.15, -0.1) is 0 Å². The van der Waals surface area contributed by atoms with Crippen LogP contribution < -0.4 is 10.6 Å². The molecule has 2 aliphatic rings. The van der Waals surface area contributed by atoms with Gasteiger partial charge in [0.25, 0.3) is 0 Å². The fourth-order valence-corrected chi connectivity index (χ4v) is 5.31. The van der Waals surface area contributed by atoms with Gasteiger partial charge >= 0.3 is 12.2 Å². The Morgan fingerprint density at radius 3 is 2.51 bits per heavy atom. The van der Waals surface area contributed by atoms with Crippen molar-refractivity contribution < 1.29 is 27.5 Å². The number of anilines is 1. The van der Waals surface area contributed by atoms with Gasteiger partial charge in [-0.05, 0) is 61.2 Å². The summed E-state index contributed by atoms with van der Waals surface area (Å²) in [6.07, 6.45) is -3.22. The number of hydrogen-bond donors (Lipinski definition) is 3. The molecule has 0 bridgehead atoms. The highest BCUT2D eigenvalue weighted by atomic mass is 35.5. The maximum Gasteiger partial charge on any atom is 0.433 e. The molecule has 1 saturated heterocycles. The Kier molecular flexibility index (Phi) is 6.66. The summed E-state index contributed by atoms with van der Waals surface area (Å²) < 4.78 is 54.3. The summed E-state index contributed by atoms with van der Waals surface area (Å²) >= 11 is 6.11. The lowest BCUT2D eigenvalue weighted by atomic mass is 9.73. The lowest BCUT2D eigenvalue weighted by Gasteiger charge is -2.51. The number of pyridine rings is 1. The van der Waals surface area contributed by atoms with Gasteiger partial charge in [-0.25, -0.2) is 14.2 Å². The van der Waals surface area contributed by atoms with E-state index in [-0.39, 0.29) is 42.9 Å². The molecule has 2 fully saturated rings. The predicted molar refractivity (Wildman–Crippen MR) is 132 cm³/mol. The van der Waals surface area contributed by atoms with Gasteiger partial charge in [0.05, 0.1) is 11.6 Å². The van der Waals surface area contributed by atoms with Crippen LogP contribution in [0.5, 0.6) is 0 Å². The number of hydrogen-bond acceptors (Lipinski definition) is 4. The van der Waals surface area contributed by atoms with Crippen molar-refractivity contribution in [1.29, 1.82) is 0 Å². The van der Waals surface area contributed by atoms with Crippen molar-refractivity contribution in [3.8, 4) is 0 Å². The molecule has 1 aliphatic heterocycles. The first kappa shape index (κ1) is 25.5. The van der Waals surface area contributed by atoms with Gasteiger partial charge < -0.3 is 20.6 Å². The molecule has 2 aromatic carbocycles. The molecular formula is C26H25ClF4N4O2. The van der Waals surface area contributed by atoms with E-state index in [2.05, 4.69) is 15.6 Å². The maximum atomic E-state index is 13.6. The van der Waals surface area contributed by atoms with Crippen LogP contribution in [0.15, 0.2) is 48.5 Å². The quantitative estimate of drug-likeness (QED) is 0.385. The Morgan fingerprint density at radius 1 is 1.14 bits per heavy atom. The molecule has 5 rings (SSSR count). The second-order valence-electron chi connectivity index (χ2n) is 9.82. The summed E-state index contributed by atoms with van der Waals surface area (Å²) in [7, 11) is 0. The van der Waals surface area contributed by atoms with E-state index in [0.717, 1.165) is 11.6 Å². The van der Waals surface area contributed by atoms with Crippen molar-refractivity contribution in [3.63, 3.8) is 0 Å². The summed E-state index contributed by atoms with van der Waals surface area (Å²) in [6.45, 7) is 0.749. The number of alkyl halides is 3. The van der Waals surface area contributed by atoms with Crippen LogP contribution in [0.1, 0.15) is 30.5 Å². The Hall–Kier alpha value is -3.11. The van der Waals surface area contributed by atoms with E-state index >= 15 is 0 Å². The van der Waals surface area contributed by atoms with E-state index in [0.29, 0.717) is 29.7 Å². The van der Waals surface area contributed by atoms with Crippen molar-refractivity contribution in [1.82, 2.24) is 15.2 Å². The minimum atomic E-state index is -4.64. The molecule has 2 atom stereocenters. The molecule has 1 aliphatic carbocycles. The number of carbonyl (C=O) groups is 1. The zero-order valence-corrected chi connectivity index (χ0v) is 20.4. The minimum Gasteiger partial charge on any atom is -0.393 e. The molecular weight excluding hydrogens is 512 g/mol. The van der Waals surface area contributed by atoms with E-state index < -0.39 is 29.2 Å². The number of benzene rings is 2. The monoisotopic (exact) mass is 536 g/mol. The van der Waals surface area contributed by atoms with Crippen LogP contribution in [0.3, 0.4) is 0 Å². The van der Waals surface area contributed by atoms with Crippen molar-refractivity contribution in [2.75, 3.05) is 25.0 Å². The predicted octanol–water partition coefficient (Wildman–Crippen LogP) is 5.33. The molecule has 37 heavy (non-hydrogen) atoms. The third kappa shape index (κ3) is 5.31. The summed E-state index contributed by atoms with van der Waals surface area (Å²) in [4.78, 5) is 18.2. The molecule has 3 aromatic rings. The third-order valence-electron chi connectivity index (χ3n) is 7.14. The van der Waals surface area contributed by atoms with Crippen LogP contribution in [0.25, 0.3) is 10.9 Å². The largest absolute Gasteiger partial charge is 0.433 e. The SMILES string of the molecule is O=C(N[C@@H]1CC[C@@H](O)C1)N1CC(CNc2cc(C(F)(F)F)nc3ccc(Cl)cc23)(c2ccc(F)cc2)C1. The van der Waals surface area contributed by atoms with E-state index in [1.165, 1.54) is 24.3 Å². The Morgan fingerprint density at radius 2 is 1.86 bits per heavy atom. The van der Waals surface area contributed by atoms with Crippen LogP contribution in [0, 0.1) is 5.82 Å². The Labute approximate surface area is 215 Å². The van der Waals surface area contributed by atoms with Crippen molar-refractivity contribution in [3.05, 3.63) is 70.6 Å². The molecule has 0 radical (unpaired) electrons. The fourth-order valence-electron chi connectivity index (χ4n) is 5.14. The first-order chi connectivity index (χ1) is 17.5. The number of aromatic nitrogens is 1. The standard InChI is InChI=1S/C26H25ClF4N4O2/c27-16-3-8-21-20(9-16)22(11-23(34-21)26(29,30)31)32-12-25(15-1-4-17(28)5-2-15)13-35(14-25)24(37)33-18-6-7-19(36)10-18/h1-5,8-9,11,18-19,36H,6-7,10,12-14H2,(H,32,34)(H,33,37)/t18-,19-/m1/s1. The van der Waals surface area contributed by atoms with Gasteiger partial charge in [-0.2, -0.15) is 13.2 Å². The van der Waals surface area contributed by atoms with E-state index in [9.17, 15) is 27.5 Å². The number of aliphatic hydroxyl groups excluding tert-OH is 1. The molecule has 3 N–H and O–H groups in total. The topological polar surface area (TPSA) is 77.5 Å². The molecule has 2 amide bonds. The number of halogens is 5. The first-order valence-electron chi connectivity index (χ1n) is 11.9. The van der Waals surface area contributed by atoms with Gasteiger partial charge in [0.1, 0.15) is 11.5 Å². The average Bonchev–Trinajstić information content (AvgIpc) is 3.22. The highest BCUT2D eigenvalue weighted by Gasteiger charge is 2.47. The van der Waals surface area contributed by atoms with Crippen LogP contribution in [0.4, 0.5) is 28.0 Å². The fraction of sp³-hybridized carbons (Fsp3) is 0.385. The van der Waals surface area contributed by atoms with E-state index in [1.54, 1.807) is 23.1 Å². The zero-order chi connectivity index (χ0) is 26.4. The van der Waals surface area contributed by atoms with Crippen LogP contribution in [0.2, 0.25) is 5.02 Å². The Balaban J connectivity index is 1.40. The van der Waals surface area contributed by atoms with Gasteiger partial charge in [0.2, 0.25) is 0 Å². The highest BCUT2D eigenvalue weighted by molar-refractivity contribution is 6.31. The van der Waals surface area contributed by atoms with E-state index in [1.807, 2.05) is 0 Å². The van der Waals surface area contributed by atoms with Gasteiger partial charge in [-0.1, -0.05) is 23.7 Å². The van der Waals surface area contributed by atoms with Gasteiger partial charge in [0, 0.05) is 47.2 Å². The average molecular weight is 537 g/mol. The van der Waals surface area contributed by atoms with Crippen LogP contribution in [-0.4, -0.2) is 52.8 Å². The van der Waals surface area contributed by atoms with Gasteiger partial charge in [0.15, 0.2) is 0 Å². The molecule has 1 aromatic heterocycles. The van der Waals surface area contributed by atoms with E-state index in [4.69, 9.17) is 11.6 Å². The number of amides is 2. The number of aliphatic hydroxyl groups is 1. The molecule has 1 saturated carbocycles. The minimum absolute atomic E-state index is 0.102.